The highest BCUT2D eigenvalue weighted by Crippen LogP contribution is 2.59. The van der Waals surface area contributed by atoms with Crippen LogP contribution >= 0.6 is 12.4 Å². The van der Waals surface area contributed by atoms with Crippen LogP contribution in [-0.2, 0) is 4.79 Å². The number of hydrogen-bond acceptors (Lipinski definition) is 2. The number of rotatable bonds is 3. The number of nitrogens with one attached hydrogen (secondary N) is 1. The van der Waals surface area contributed by atoms with Crippen molar-refractivity contribution < 1.29 is 4.79 Å². The van der Waals surface area contributed by atoms with Crippen molar-refractivity contribution >= 4 is 18.3 Å². The molecule has 2 aliphatic heterocycles. The van der Waals surface area contributed by atoms with Crippen LogP contribution in [0.3, 0.4) is 0 Å². The van der Waals surface area contributed by atoms with Crippen LogP contribution in [0.25, 0.3) is 0 Å². The Balaban J connectivity index is 0.00000182. The van der Waals surface area contributed by atoms with E-state index in [0.717, 1.165) is 45.4 Å². The quantitative estimate of drug-likeness (QED) is 0.886. The second-order valence-electron chi connectivity index (χ2n) is 8.13. The number of halogens is 1. The molecule has 0 bridgehead atoms. The predicted octanol–water partition coefficient (Wildman–Crippen LogP) is 3.84. The molecule has 2 heterocycles. The zero-order valence-electron chi connectivity index (χ0n) is 15.2. The Morgan fingerprint density at radius 1 is 1.24 bits per heavy atom. The number of hydrogen-bond donors (Lipinski definition) is 1. The third kappa shape index (κ3) is 3.59. The first-order valence-electron chi connectivity index (χ1n) is 9.78. The van der Waals surface area contributed by atoms with Gasteiger partial charge >= 0.3 is 0 Å². The molecule has 0 radical (unpaired) electrons. The molecule has 3 unspecified atom stereocenters. The van der Waals surface area contributed by atoms with Crippen LogP contribution in [0.5, 0.6) is 0 Å². The molecule has 1 N–H and O–H groups in total. The Bertz CT molecular complexity index is 585. The molecular formula is C21H31ClN2O. The minimum absolute atomic E-state index is 0. The van der Waals surface area contributed by atoms with Crippen LogP contribution in [0.1, 0.15) is 50.5 Å². The average Bonchev–Trinajstić information content (AvgIpc) is 3.34. The van der Waals surface area contributed by atoms with Crippen LogP contribution in [0.15, 0.2) is 30.3 Å². The summed E-state index contributed by atoms with van der Waals surface area (Å²) in [5.41, 5.74) is 1.82. The van der Waals surface area contributed by atoms with Gasteiger partial charge in [-0.2, -0.15) is 0 Å². The molecule has 1 aromatic carbocycles. The van der Waals surface area contributed by atoms with Gasteiger partial charge in [-0.05, 0) is 61.6 Å². The van der Waals surface area contributed by atoms with Crippen molar-refractivity contribution in [2.45, 2.75) is 44.9 Å². The van der Waals surface area contributed by atoms with Crippen molar-refractivity contribution in [2.75, 3.05) is 26.2 Å². The smallest absolute Gasteiger partial charge is 0.226 e. The van der Waals surface area contributed by atoms with Crippen molar-refractivity contribution in [2.24, 2.45) is 17.3 Å². The summed E-state index contributed by atoms with van der Waals surface area (Å²) in [6.07, 6.45) is 5.81. The third-order valence-corrected chi connectivity index (χ3v) is 6.88. The summed E-state index contributed by atoms with van der Waals surface area (Å²) in [7, 11) is 0. The maximum Gasteiger partial charge on any atom is 0.226 e. The first-order valence-corrected chi connectivity index (χ1v) is 9.78. The van der Waals surface area contributed by atoms with Gasteiger partial charge in [0.25, 0.3) is 0 Å². The summed E-state index contributed by atoms with van der Waals surface area (Å²) >= 11 is 0. The average molecular weight is 363 g/mol. The van der Waals surface area contributed by atoms with Gasteiger partial charge in [-0.3, -0.25) is 4.79 Å². The van der Waals surface area contributed by atoms with Crippen LogP contribution in [-0.4, -0.2) is 37.0 Å². The number of benzene rings is 1. The summed E-state index contributed by atoms with van der Waals surface area (Å²) in [4.78, 5) is 15.2. The van der Waals surface area contributed by atoms with E-state index in [4.69, 9.17) is 0 Å². The van der Waals surface area contributed by atoms with E-state index in [0.29, 0.717) is 29.1 Å². The van der Waals surface area contributed by atoms with Gasteiger partial charge < -0.3 is 10.2 Å². The van der Waals surface area contributed by atoms with Crippen molar-refractivity contribution in [3.05, 3.63) is 35.9 Å². The molecule has 4 heteroatoms. The fourth-order valence-corrected chi connectivity index (χ4v) is 5.18. The van der Waals surface area contributed by atoms with E-state index >= 15 is 0 Å². The second kappa shape index (κ2) is 7.67. The van der Waals surface area contributed by atoms with Gasteiger partial charge in [-0.1, -0.05) is 43.7 Å². The summed E-state index contributed by atoms with van der Waals surface area (Å²) in [5.74, 6) is 2.01. The third-order valence-electron chi connectivity index (χ3n) is 6.88. The van der Waals surface area contributed by atoms with E-state index < -0.39 is 0 Å². The highest BCUT2D eigenvalue weighted by Gasteiger charge is 2.58. The topological polar surface area (TPSA) is 32.3 Å². The van der Waals surface area contributed by atoms with E-state index in [1.54, 1.807) is 0 Å². The lowest BCUT2D eigenvalue weighted by molar-refractivity contribution is -0.135. The molecule has 25 heavy (non-hydrogen) atoms. The van der Waals surface area contributed by atoms with Gasteiger partial charge in [-0.25, -0.2) is 0 Å². The van der Waals surface area contributed by atoms with E-state index in [1.807, 2.05) is 0 Å². The molecule has 138 valence electrons. The fourth-order valence-electron chi connectivity index (χ4n) is 5.18. The molecule has 3 atom stereocenters. The Labute approximate surface area is 158 Å². The number of carbonyl (C=O) groups is 1. The number of amides is 1. The lowest BCUT2D eigenvalue weighted by Crippen LogP contribution is -2.44. The minimum Gasteiger partial charge on any atom is -0.342 e. The van der Waals surface area contributed by atoms with E-state index in [2.05, 4.69) is 47.5 Å². The molecule has 4 rings (SSSR count). The highest BCUT2D eigenvalue weighted by molar-refractivity contribution is 5.85. The number of nitrogens with zero attached hydrogens (tertiary/aromatic N) is 1. The zero-order chi connectivity index (χ0) is 16.6. The molecule has 3 fully saturated rings. The molecule has 1 amide bonds. The number of carbonyl (C=O) groups excluding carboxylic acids is 1. The van der Waals surface area contributed by atoms with Crippen molar-refractivity contribution in [1.29, 1.82) is 0 Å². The number of piperidine rings is 2. The van der Waals surface area contributed by atoms with Gasteiger partial charge in [0, 0.05) is 19.0 Å². The lowest BCUT2D eigenvalue weighted by atomic mass is 9.79. The van der Waals surface area contributed by atoms with Crippen molar-refractivity contribution in [1.82, 2.24) is 10.2 Å². The van der Waals surface area contributed by atoms with Gasteiger partial charge in [0.2, 0.25) is 5.91 Å². The van der Waals surface area contributed by atoms with Gasteiger partial charge in [0.15, 0.2) is 0 Å². The van der Waals surface area contributed by atoms with Gasteiger partial charge in [-0.15, -0.1) is 12.4 Å². The Morgan fingerprint density at radius 2 is 1.96 bits per heavy atom. The molecule has 2 saturated heterocycles. The minimum atomic E-state index is 0. The maximum absolute atomic E-state index is 13.0. The summed E-state index contributed by atoms with van der Waals surface area (Å²) in [5, 5.41) is 3.43. The van der Waals surface area contributed by atoms with E-state index in [1.165, 1.54) is 18.4 Å². The largest absolute Gasteiger partial charge is 0.342 e. The Morgan fingerprint density at radius 3 is 2.64 bits per heavy atom. The van der Waals surface area contributed by atoms with Crippen molar-refractivity contribution in [3.63, 3.8) is 0 Å². The molecule has 3 nitrogen and oxygen atoms in total. The first-order chi connectivity index (χ1) is 11.7. The van der Waals surface area contributed by atoms with Crippen LogP contribution in [0, 0.1) is 17.3 Å². The summed E-state index contributed by atoms with van der Waals surface area (Å²) in [6.45, 7) is 6.37. The van der Waals surface area contributed by atoms with Crippen LogP contribution in [0.4, 0.5) is 0 Å². The molecule has 1 aromatic rings. The maximum atomic E-state index is 13.0. The number of likely N-dealkylation sites (tertiary alicyclic amines) is 1. The predicted molar refractivity (Wildman–Crippen MR) is 104 cm³/mol. The molecule has 1 saturated carbocycles. The van der Waals surface area contributed by atoms with Crippen LogP contribution in [0.2, 0.25) is 0 Å². The normalized spacial score (nSPS) is 30.6. The van der Waals surface area contributed by atoms with Crippen LogP contribution < -0.4 is 5.32 Å². The molecule has 1 spiro atoms. The Kier molecular flexibility index (Phi) is 5.75. The second-order valence-corrected chi connectivity index (χ2v) is 8.13. The van der Waals surface area contributed by atoms with E-state index in [-0.39, 0.29) is 12.4 Å². The lowest BCUT2D eigenvalue weighted by Gasteiger charge is -2.39. The fraction of sp³-hybridized carbons (Fsp3) is 0.667. The zero-order valence-corrected chi connectivity index (χ0v) is 16.1. The molecule has 0 aromatic heterocycles. The molecular weight excluding hydrogens is 332 g/mol. The summed E-state index contributed by atoms with van der Waals surface area (Å²) < 4.78 is 0. The monoisotopic (exact) mass is 362 g/mol. The Hall–Kier alpha value is -1.06. The van der Waals surface area contributed by atoms with E-state index in [9.17, 15) is 4.79 Å². The first kappa shape index (κ1) is 18.7. The standard InChI is InChI=1S/C21H30N2O.ClH/c1-2-16-15-23(13-8-18(16)17-6-4-3-5-7-17)20(24)19-14-21(19)9-11-22-12-10-21;/h3-7,16,18-19,22H,2,8-15H2,1H3;1H. The highest BCUT2D eigenvalue weighted by atomic mass is 35.5. The SMILES string of the molecule is CCC1CN(C(=O)C2CC23CCNCC3)CCC1c1ccccc1.Cl. The molecule has 3 aliphatic rings. The van der Waals surface area contributed by atoms with Gasteiger partial charge in [0.1, 0.15) is 0 Å². The van der Waals surface area contributed by atoms with Gasteiger partial charge in [0.05, 0.1) is 0 Å². The van der Waals surface area contributed by atoms with Crippen molar-refractivity contribution in [3.8, 4) is 0 Å². The molecule has 1 aliphatic carbocycles. The summed E-state index contributed by atoms with van der Waals surface area (Å²) in [6, 6.07) is 10.9.